The molecule has 8 N–H and O–H groups in total. The molecule has 1 aromatic carbocycles. The number of carbonyl (C=O) groups is 3. The lowest BCUT2D eigenvalue weighted by molar-refractivity contribution is -0.123. The highest BCUT2D eigenvalue weighted by Gasteiger charge is 2.23. The van der Waals surface area contributed by atoms with E-state index in [0.29, 0.717) is 34.4 Å². The van der Waals surface area contributed by atoms with Crippen molar-refractivity contribution >= 4 is 41.4 Å². The molecule has 1 aromatic heterocycles. The summed E-state index contributed by atoms with van der Waals surface area (Å²) in [5.41, 5.74) is 20.3. The van der Waals surface area contributed by atoms with Gasteiger partial charge in [-0.25, -0.2) is 4.39 Å². The Morgan fingerprint density at radius 3 is 2.54 bits per heavy atom. The SMILES string of the molecule is Cc1c(N)cncc1-c1cc(/C=C(\N)NC(=O)CCCC(=O)NCCOCCC(N)=O)c2c(c1F)N=C2. The molecule has 3 rings (SSSR count). The topological polar surface area (TPSA) is 188 Å². The third kappa shape index (κ3) is 7.34. The molecule has 0 atom stereocenters. The van der Waals surface area contributed by atoms with Crippen LogP contribution in [0, 0.1) is 12.7 Å². The van der Waals surface area contributed by atoms with Gasteiger partial charge in [0.2, 0.25) is 17.7 Å². The number of halogens is 1. The number of pyridine rings is 1. The lowest BCUT2D eigenvalue weighted by Crippen LogP contribution is -2.29. The third-order valence-corrected chi connectivity index (χ3v) is 5.64. The molecule has 0 saturated heterocycles. The van der Waals surface area contributed by atoms with E-state index in [1.54, 1.807) is 13.0 Å². The van der Waals surface area contributed by atoms with Crippen LogP contribution in [0.1, 0.15) is 42.4 Å². The normalized spacial score (nSPS) is 12.0. The van der Waals surface area contributed by atoms with Crippen LogP contribution in [0.25, 0.3) is 17.2 Å². The van der Waals surface area contributed by atoms with E-state index < -0.39 is 11.7 Å². The van der Waals surface area contributed by atoms with Crippen LogP contribution in [-0.4, -0.2) is 48.7 Å². The second kappa shape index (κ2) is 12.6. The zero-order valence-electron chi connectivity index (χ0n) is 20.5. The van der Waals surface area contributed by atoms with E-state index in [4.69, 9.17) is 21.9 Å². The predicted molar refractivity (Wildman–Crippen MR) is 138 cm³/mol. The van der Waals surface area contributed by atoms with Gasteiger partial charge in [-0.3, -0.25) is 24.4 Å². The molecule has 0 fully saturated rings. The van der Waals surface area contributed by atoms with Crippen molar-refractivity contribution in [3.63, 3.8) is 0 Å². The van der Waals surface area contributed by atoms with Gasteiger partial charge in [0.25, 0.3) is 0 Å². The zero-order valence-corrected chi connectivity index (χ0v) is 20.5. The van der Waals surface area contributed by atoms with Gasteiger partial charge in [0.05, 0.1) is 25.1 Å². The Morgan fingerprint density at radius 2 is 1.84 bits per heavy atom. The minimum atomic E-state index is -0.483. The zero-order chi connectivity index (χ0) is 26.9. The Balaban J connectivity index is 1.52. The number of benzene rings is 1. The monoisotopic (exact) mass is 511 g/mol. The predicted octanol–water partition coefficient (Wildman–Crippen LogP) is 1.39. The number of anilines is 1. The number of amides is 3. The molecule has 196 valence electrons. The minimum Gasteiger partial charge on any atom is -0.397 e. The molecule has 37 heavy (non-hydrogen) atoms. The van der Waals surface area contributed by atoms with Crippen LogP contribution in [0.4, 0.5) is 15.8 Å². The molecule has 0 saturated carbocycles. The van der Waals surface area contributed by atoms with Gasteiger partial charge in [0.15, 0.2) is 5.82 Å². The second-order valence-electron chi connectivity index (χ2n) is 8.43. The molecule has 1 aliphatic heterocycles. The minimum absolute atomic E-state index is 0.0741. The molecule has 0 spiro atoms. The van der Waals surface area contributed by atoms with Crippen molar-refractivity contribution < 1.29 is 23.5 Å². The number of hydrogen-bond acceptors (Lipinski definition) is 8. The summed E-state index contributed by atoms with van der Waals surface area (Å²) < 4.78 is 20.2. The van der Waals surface area contributed by atoms with Crippen molar-refractivity contribution in [2.45, 2.75) is 32.6 Å². The first-order chi connectivity index (χ1) is 17.7. The molecule has 12 heteroatoms. The Hall–Kier alpha value is -4.32. The largest absolute Gasteiger partial charge is 0.397 e. The van der Waals surface area contributed by atoms with E-state index in [1.165, 1.54) is 24.7 Å². The van der Waals surface area contributed by atoms with Crippen LogP contribution < -0.4 is 27.8 Å². The van der Waals surface area contributed by atoms with Gasteiger partial charge in [-0.1, -0.05) is 0 Å². The van der Waals surface area contributed by atoms with Gasteiger partial charge in [-0.05, 0) is 36.6 Å². The number of carbonyl (C=O) groups excluding carboxylic acids is 3. The first-order valence-electron chi connectivity index (χ1n) is 11.7. The standard InChI is InChI=1S/C25H30FN7O4/c1-14-17(11-30-13-19(14)27)16-9-15(18-12-32-25(18)24(16)26)10-20(28)33-23(36)4-2-3-22(35)31-6-8-37-7-5-21(29)34/h9-13H,2-8,27-28H2,1H3,(H2,29,34)(H,31,35)(H,33,36)/b20-10+. The fourth-order valence-electron chi connectivity index (χ4n) is 3.59. The number of ether oxygens (including phenoxy) is 1. The maximum Gasteiger partial charge on any atom is 0.225 e. The van der Waals surface area contributed by atoms with Crippen molar-refractivity contribution in [2.24, 2.45) is 16.5 Å². The maximum absolute atomic E-state index is 15.0. The average Bonchev–Trinajstić information content (AvgIpc) is 2.79. The maximum atomic E-state index is 15.0. The number of nitrogen functional groups attached to an aromatic ring is 1. The van der Waals surface area contributed by atoms with Crippen molar-refractivity contribution in [3.8, 4) is 11.1 Å². The summed E-state index contributed by atoms with van der Waals surface area (Å²) >= 11 is 0. The van der Waals surface area contributed by atoms with Crippen LogP contribution in [0.2, 0.25) is 0 Å². The quantitative estimate of drug-likeness (QED) is 0.214. The second-order valence-corrected chi connectivity index (χ2v) is 8.43. The number of rotatable bonds is 13. The van der Waals surface area contributed by atoms with Crippen molar-refractivity contribution in [1.29, 1.82) is 0 Å². The Kier molecular flexibility index (Phi) is 9.27. The Morgan fingerprint density at radius 1 is 1.08 bits per heavy atom. The summed E-state index contributed by atoms with van der Waals surface area (Å²) in [5.74, 6) is -1.44. The molecule has 0 bridgehead atoms. The lowest BCUT2D eigenvalue weighted by atomic mass is 9.93. The van der Waals surface area contributed by atoms with Gasteiger partial charge < -0.3 is 32.6 Å². The number of primary amides is 1. The van der Waals surface area contributed by atoms with Gasteiger partial charge >= 0.3 is 0 Å². The van der Waals surface area contributed by atoms with Gasteiger partial charge in [-0.15, -0.1) is 0 Å². The van der Waals surface area contributed by atoms with Gasteiger partial charge in [-0.2, -0.15) is 0 Å². The number of hydrogen-bond donors (Lipinski definition) is 5. The van der Waals surface area contributed by atoms with Crippen LogP contribution in [0.5, 0.6) is 0 Å². The highest BCUT2D eigenvalue weighted by atomic mass is 19.1. The molecule has 3 amide bonds. The number of fused-ring (bicyclic) bond motifs is 1. The number of aromatic nitrogens is 1. The summed E-state index contributed by atoms with van der Waals surface area (Å²) in [4.78, 5) is 42.8. The molecule has 1 aliphatic rings. The van der Waals surface area contributed by atoms with Crippen LogP contribution in [0.15, 0.2) is 29.3 Å². The third-order valence-electron chi connectivity index (χ3n) is 5.64. The number of aliphatic imine (C=N–C) groups is 1. The molecule has 0 radical (unpaired) electrons. The molecular weight excluding hydrogens is 481 g/mol. The fourth-order valence-corrected chi connectivity index (χ4v) is 3.59. The molecule has 2 heterocycles. The van der Waals surface area contributed by atoms with E-state index in [0.717, 1.165) is 0 Å². The summed E-state index contributed by atoms with van der Waals surface area (Å²) in [7, 11) is 0. The Bertz CT molecular complexity index is 1260. The van der Waals surface area contributed by atoms with Crippen LogP contribution in [0.3, 0.4) is 0 Å². The Labute approximate surface area is 213 Å². The van der Waals surface area contributed by atoms with E-state index in [-0.39, 0.29) is 67.9 Å². The van der Waals surface area contributed by atoms with Gasteiger partial charge in [0.1, 0.15) is 11.5 Å². The molecule has 0 aliphatic carbocycles. The summed E-state index contributed by atoms with van der Waals surface area (Å²) in [6, 6.07) is 1.61. The molecule has 11 nitrogen and oxygen atoms in total. The summed E-state index contributed by atoms with van der Waals surface area (Å²) in [6.07, 6.45) is 6.76. The summed E-state index contributed by atoms with van der Waals surface area (Å²) in [5, 5.41) is 5.25. The smallest absolute Gasteiger partial charge is 0.225 e. The fraction of sp³-hybridized carbons (Fsp3) is 0.320. The number of nitrogens with zero attached hydrogens (tertiary/aromatic N) is 2. The van der Waals surface area contributed by atoms with E-state index in [1.807, 2.05) is 0 Å². The molecule has 0 unspecified atom stereocenters. The first-order valence-corrected chi connectivity index (χ1v) is 11.7. The highest BCUT2D eigenvalue weighted by Crippen LogP contribution is 2.40. The first kappa shape index (κ1) is 27.3. The average molecular weight is 512 g/mol. The number of nitrogens with two attached hydrogens (primary N) is 3. The van der Waals surface area contributed by atoms with Gasteiger partial charge in [0, 0.05) is 54.9 Å². The van der Waals surface area contributed by atoms with Crippen molar-refractivity contribution in [3.05, 3.63) is 46.8 Å². The van der Waals surface area contributed by atoms with E-state index >= 15 is 4.39 Å². The summed E-state index contributed by atoms with van der Waals surface area (Å²) in [6.45, 7) is 2.53. The van der Waals surface area contributed by atoms with Crippen molar-refractivity contribution in [1.82, 2.24) is 15.6 Å². The highest BCUT2D eigenvalue weighted by molar-refractivity contribution is 6.02. The van der Waals surface area contributed by atoms with E-state index in [9.17, 15) is 14.4 Å². The molecular formula is C25H30FN7O4. The number of nitrogens with one attached hydrogen (secondary N) is 2. The lowest BCUT2D eigenvalue weighted by Gasteiger charge is -2.18. The van der Waals surface area contributed by atoms with Crippen LogP contribution >= 0.6 is 0 Å². The molecule has 2 aromatic rings. The van der Waals surface area contributed by atoms with Crippen molar-refractivity contribution in [2.75, 3.05) is 25.5 Å². The van der Waals surface area contributed by atoms with E-state index in [2.05, 4.69) is 20.6 Å². The van der Waals surface area contributed by atoms with Crippen LogP contribution in [-0.2, 0) is 19.1 Å².